The van der Waals surface area contributed by atoms with Crippen molar-refractivity contribution in [2.24, 2.45) is 5.92 Å². The summed E-state index contributed by atoms with van der Waals surface area (Å²) in [5, 5.41) is 0. The molecule has 2 saturated heterocycles. The van der Waals surface area contributed by atoms with Crippen LogP contribution in [0.5, 0.6) is 0 Å². The van der Waals surface area contributed by atoms with E-state index in [2.05, 4.69) is 36.0 Å². The summed E-state index contributed by atoms with van der Waals surface area (Å²) in [6, 6.07) is 8.89. The van der Waals surface area contributed by atoms with E-state index in [1.165, 1.54) is 12.1 Å². The second-order valence-corrected chi connectivity index (χ2v) is 10.0. The van der Waals surface area contributed by atoms with Crippen LogP contribution in [0.1, 0.15) is 40.0 Å². The number of ether oxygens (including phenoxy) is 1. The first kappa shape index (κ1) is 23.4. The molecule has 2 aliphatic heterocycles. The maximum Gasteiger partial charge on any atom is 0.410 e. The van der Waals surface area contributed by atoms with Crippen LogP contribution in [0.4, 0.5) is 16.2 Å². The van der Waals surface area contributed by atoms with Crippen LogP contribution in [0, 0.1) is 5.92 Å². The average molecular weight is 431 g/mol. The van der Waals surface area contributed by atoms with Gasteiger partial charge in [-0.2, -0.15) is 0 Å². The minimum atomic E-state index is -0.501. The SMILES string of the molecule is CN(C(=O)C1CCN(C(=O)OC(C)(C)C)CC1)c1ccc(N2CCC(N(C)C)C2)cc1. The quantitative estimate of drug-likeness (QED) is 0.732. The van der Waals surface area contributed by atoms with Gasteiger partial charge in [0.15, 0.2) is 0 Å². The molecule has 0 N–H and O–H groups in total. The Morgan fingerprint density at radius 1 is 0.968 bits per heavy atom. The van der Waals surface area contributed by atoms with Crippen LogP contribution in [0.15, 0.2) is 24.3 Å². The van der Waals surface area contributed by atoms with Crippen molar-refractivity contribution in [1.29, 1.82) is 0 Å². The molecule has 0 spiro atoms. The lowest BCUT2D eigenvalue weighted by Crippen LogP contribution is -2.45. The van der Waals surface area contributed by atoms with Crippen LogP contribution >= 0.6 is 0 Å². The molecule has 2 aliphatic rings. The molecule has 0 aliphatic carbocycles. The Morgan fingerprint density at radius 2 is 1.58 bits per heavy atom. The van der Waals surface area contributed by atoms with Crippen molar-refractivity contribution in [3.05, 3.63) is 24.3 Å². The number of amides is 2. The van der Waals surface area contributed by atoms with Crippen molar-refractivity contribution in [2.75, 3.05) is 57.1 Å². The van der Waals surface area contributed by atoms with E-state index in [1.54, 1.807) is 9.80 Å². The molecular weight excluding hydrogens is 392 g/mol. The molecule has 31 heavy (non-hydrogen) atoms. The zero-order valence-electron chi connectivity index (χ0n) is 19.9. The van der Waals surface area contributed by atoms with Gasteiger partial charge in [-0.05, 0) is 78.4 Å². The monoisotopic (exact) mass is 430 g/mol. The van der Waals surface area contributed by atoms with Gasteiger partial charge in [0, 0.05) is 56.6 Å². The molecule has 1 aromatic rings. The van der Waals surface area contributed by atoms with Gasteiger partial charge in [0.2, 0.25) is 5.91 Å². The highest BCUT2D eigenvalue weighted by molar-refractivity contribution is 5.94. The maximum absolute atomic E-state index is 13.0. The van der Waals surface area contributed by atoms with Crippen LogP contribution in [0.25, 0.3) is 0 Å². The summed E-state index contributed by atoms with van der Waals surface area (Å²) < 4.78 is 5.45. The van der Waals surface area contributed by atoms with E-state index in [0.29, 0.717) is 32.0 Å². The average Bonchev–Trinajstić information content (AvgIpc) is 3.22. The summed E-state index contributed by atoms with van der Waals surface area (Å²) in [6.45, 7) is 8.81. The zero-order chi connectivity index (χ0) is 22.8. The summed E-state index contributed by atoms with van der Waals surface area (Å²) in [5.41, 5.74) is 1.62. The summed E-state index contributed by atoms with van der Waals surface area (Å²) >= 11 is 0. The van der Waals surface area contributed by atoms with Gasteiger partial charge in [-0.1, -0.05) is 0 Å². The molecule has 1 atom stereocenters. The molecule has 0 saturated carbocycles. The number of hydrogen-bond donors (Lipinski definition) is 0. The molecule has 2 heterocycles. The number of rotatable bonds is 4. The third-order valence-electron chi connectivity index (χ3n) is 6.32. The van der Waals surface area contributed by atoms with Crippen LogP contribution in [0.3, 0.4) is 0 Å². The van der Waals surface area contributed by atoms with Crippen molar-refractivity contribution < 1.29 is 14.3 Å². The number of likely N-dealkylation sites (tertiary alicyclic amines) is 1. The summed E-state index contributed by atoms with van der Waals surface area (Å²) in [6.07, 6.45) is 2.22. The molecule has 2 fully saturated rings. The molecule has 1 aromatic carbocycles. The number of carbonyl (C=O) groups is 2. The van der Waals surface area contributed by atoms with Crippen LogP contribution in [0.2, 0.25) is 0 Å². The highest BCUT2D eigenvalue weighted by Crippen LogP contribution is 2.27. The van der Waals surface area contributed by atoms with Crippen LogP contribution < -0.4 is 9.80 Å². The number of benzene rings is 1. The van der Waals surface area contributed by atoms with Crippen LogP contribution in [-0.4, -0.2) is 80.8 Å². The van der Waals surface area contributed by atoms with E-state index in [9.17, 15) is 9.59 Å². The number of anilines is 2. The standard InChI is InChI=1S/C24H38N4O3/c1-24(2,3)31-23(30)27-14-11-18(12-15-27)22(29)26(6)19-7-9-20(10-8-19)28-16-13-21(17-28)25(4)5/h7-10,18,21H,11-17H2,1-6H3. The predicted molar refractivity (Wildman–Crippen MR) is 125 cm³/mol. The molecule has 0 bridgehead atoms. The van der Waals surface area contributed by atoms with Crippen molar-refractivity contribution in [2.45, 2.75) is 51.7 Å². The number of carbonyl (C=O) groups excluding carboxylic acids is 2. The third-order valence-corrected chi connectivity index (χ3v) is 6.32. The Kier molecular flexibility index (Phi) is 7.14. The molecule has 0 radical (unpaired) electrons. The number of likely N-dealkylation sites (N-methyl/N-ethyl adjacent to an activating group) is 1. The number of piperidine rings is 1. The Hall–Kier alpha value is -2.28. The van der Waals surface area contributed by atoms with E-state index in [1.807, 2.05) is 40.0 Å². The van der Waals surface area contributed by atoms with Gasteiger partial charge in [-0.3, -0.25) is 4.79 Å². The van der Waals surface area contributed by atoms with Gasteiger partial charge in [0.05, 0.1) is 0 Å². The van der Waals surface area contributed by atoms with Crippen molar-refractivity contribution in [3.63, 3.8) is 0 Å². The van der Waals surface area contributed by atoms with Crippen molar-refractivity contribution in [3.8, 4) is 0 Å². The van der Waals surface area contributed by atoms with Crippen molar-refractivity contribution >= 4 is 23.4 Å². The Balaban J connectivity index is 1.53. The predicted octanol–water partition coefficient (Wildman–Crippen LogP) is 3.44. The minimum Gasteiger partial charge on any atom is -0.444 e. The molecule has 7 heteroatoms. The van der Waals surface area contributed by atoms with E-state index >= 15 is 0 Å². The smallest absolute Gasteiger partial charge is 0.410 e. The molecule has 3 rings (SSSR count). The van der Waals surface area contributed by atoms with Gasteiger partial charge >= 0.3 is 6.09 Å². The van der Waals surface area contributed by atoms with E-state index in [-0.39, 0.29) is 17.9 Å². The third kappa shape index (κ3) is 5.91. The molecule has 7 nitrogen and oxygen atoms in total. The lowest BCUT2D eigenvalue weighted by molar-refractivity contribution is -0.123. The Morgan fingerprint density at radius 3 is 2.10 bits per heavy atom. The topological polar surface area (TPSA) is 56.3 Å². The lowest BCUT2D eigenvalue weighted by atomic mass is 9.95. The maximum atomic E-state index is 13.0. The molecule has 172 valence electrons. The first-order valence-corrected chi connectivity index (χ1v) is 11.3. The summed E-state index contributed by atoms with van der Waals surface area (Å²) in [5.74, 6) is 0.0493. The Bertz CT molecular complexity index is 764. The molecule has 1 unspecified atom stereocenters. The summed E-state index contributed by atoms with van der Waals surface area (Å²) in [4.78, 5) is 33.4. The summed E-state index contributed by atoms with van der Waals surface area (Å²) in [7, 11) is 6.11. The van der Waals surface area contributed by atoms with Crippen molar-refractivity contribution in [1.82, 2.24) is 9.80 Å². The van der Waals surface area contributed by atoms with E-state index < -0.39 is 5.60 Å². The van der Waals surface area contributed by atoms with Gasteiger partial charge in [0.25, 0.3) is 0 Å². The van der Waals surface area contributed by atoms with Gasteiger partial charge in [-0.25, -0.2) is 4.79 Å². The largest absolute Gasteiger partial charge is 0.444 e. The minimum absolute atomic E-state index is 0.0669. The normalized spacial score (nSPS) is 20.3. The highest BCUT2D eigenvalue weighted by Gasteiger charge is 2.31. The first-order chi connectivity index (χ1) is 14.5. The van der Waals surface area contributed by atoms with E-state index in [4.69, 9.17) is 4.74 Å². The fourth-order valence-electron chi connectivity index (χ4n) is 4.32. The van der Waals surface area contributed by atoms with Gasteiger partial charge in [-0.15, -0.1) is 0 Å². The van der Waals surface area contributed by atoms with E-state index in [0.717, 1.165) is 18.8 Å². The molecule has 2 amide bonds. The van der Waals surface area contributed by atoms with Gasteiger partial charge in [0.1, 0.15) is 5.60 Å². The second-order valence-electron chi connectivity index (χ2n) is 10.0. The molecular formula is C24H38N4O3. The fraction of sp³-hybridized carbons (Fsp3) is 0.667. The lowest BCUT2D eigenvalue weighted by Gasteiger charge is -2.34. The zero-order valence-corrected chi connectivity index (χ0v) is 19.9. The number of nitrogens with zero attached hydrogens (tertiary/aromatic N) is 4. The highest BCUT2D eigenvalue weighted by atomic mass is 16.6. The Labute approximate surface area is 186 Å². The number of hydrogen-bond acceptors (Lipinski definition) is 5. The van der Waals surface area contributed by atoms with Crippen LogP contribution in [-0.2, 0) is 9.53 Å². The molecule has 0 aromatic heterocycles. The fourth-order valence-corrected chi connectivity index (χ4v) is 4.32. The second kappa shape index (κ2) is 9.47. The van der Waals surface area contributed by atoms with Gasteiger partial charge < -0.3 is 24.3 Å². The first-order valence-electron chi connectivity index (χ1n) is 11.3.